The predicted octanol–water partition coefficient (Wildman–Crippen LogP) is 4.19. The smallest absolute Gasteiger partial charge is 0.0941 e. The summed E-state index contributed by atoms with van der Waals surface area (Å²) in [6.45, 7) is 0. The van der Waals surface area contributed by atoms with Crippen molar-refractivity contribution in [1.82, 2.24) is 9.97 Å². The summed E-state index contributed by atoms with van der Waals surface area (Å²) in [6, 6.07) is 14.1. The van der Waals surface area contributed by atoms with Crippen LogP contribution in [0.3, 0.4) is 0 Å². The summed E-state index contributed by atoms with van der Waals surface area (Å²) < 4.78 is 0. The van der Waals surface area contributed by atoms with E-state index >= 15 is 0 Å². The zero-order valence-electron chi connectivity index (χ0n) is 12.8. The SMILES string of the molecule is OC1CCCc2c1[nH]c(-c1ccncc1)c2Nc1ccccc1. The molecule has 1 aromatic carbocycles. The topological polar surface area (TPSA) is 60.9 Å². The maximum Gasteiger partial charge on any atom is 0.0941 e. The third-order valence-corrected chi connectivity index (χ3v) is 4.39. The van der Waals surface area contributed by atoms with E-state index in [4.69, 9.17) is 0 Å². The minimum Gasteiger partial charge on any atom is -0.387 e. The van der Waals surface area contributed by atoms with E-state index in [1.807, 2.05) is 30.3 Å². The first kappa shape index (κ1) is 14.0. The summed E-state index contributed by atoms with van der Waals surface area (Å²) in [5.74, 6) is 0. The number of anilines is 2. The van der Waals surface area contributed by atoms with Gasteiger partial charge in [0.1, 0.15) is 0 Å². The molecule has 4 nitrogen and oxygen atoms in total. The van der Waals surface area contributed by atoms with E-state index in [1.54, 1.807) is 12.4 Å². The van der Waals surface area contributed by atoms with Crippen molar-refractivity contribution < 1.29 is 5.11 Å². The summed E-state index contributed by atoms with van der Waals surface area (Å²) >= 11 is 0. The molecule has 1 aliphatic carbocycles. The van der Waals surface area contributed by atoms with Gasteiger partial charge in [-0.05, 0) is 49.1 Å². The molecule has 3 N–H and O–H groups in total. The van der Waals surface area contributed by atoms with E-state index in [0.29, 0.717) is 0 Å². The van der Waals surface area contributed by atoms with E-state index in [9.17, 15) is 5.11 Å². The Hall–Kier alpha value is -2.59. The summed E-state index contributed by atoms with van der Waals surface area (Å²) in [6.07, 6.45) is 5.96. The number of benzene rings is 1. The van der Waals surface area contributed by atoms with Crippen LogP contribution in [0.25, 0.3) is 11.3 Å². The molecule has 4 heteroatoms. The van der Waals surface area contributed by atoms with Gasteiger partial charge in [0, 0.05) is 29.3 Å². The molecule has 1 unspecified atom stereocenters. The Morgan fingerprint density at radius 1 is 1.09 bits per heavy atom. The van der Waals surface area contributed by atoms with Gasteiger partial charge in [-0.2, -0.15) is 0 Å². The molecule has 116 valence electrons. The van der Waals surface area contributed by atoms with Crippen molar-refractivity contribution in [3.05, 3.63) is 66.1 Å². The van der Waals surface area contributed by atoms with Crippen molar-refractivity contribution >= 4 is 11.4 Å². The Balaban J connectivity index is 1.84. The lowest BCUT2D eigenvalue weighted by Crippen LogP contribution is -2.08. The standard InChI is InChI=1S/C19H19N3O/c23-16-8-4-7-15-18(16)22-17(13-9-11-20-12-10-13)19(15)21-14-5-2-1-3-6-14/h1-3,5-6,9-12,16,21-23H,4,7-8H2. The van der Waals surface area contributed by atoms with Gasteiger partial charge in [-0.25, -0.2) is 0 Å². The van der Waals surface area contributed by atoms with Crippen LogP contribution in [0.4, 0.5) is 11.4 Å². The number of aliphatic hydroxyl groups excluding tert-OH is 1. The molecule has 0 fully saturated rings. The Morgan fingerprint density at radius 3 is 2.65 bits per heavy atom. The average molecular weight is 305 g/mol. The number of aliphatic hydroxyl groups is 1. The molecular formula is C19H19N3O. The molecule has 0 saturated heterocycles. The van der Waals surface area contributed by atoms with Gasteiger partial charge in [-0.3, -0.25) is 4.98 Å². The van der Waals surface area contributed by atoms with Crippen molar-refractivity contribution in [3.8, 4) is 11.3 Å². The Bertz CT molecular complexity index is 796. The summed E-state index contributed by atoms with van der Waals surface area (Å²) in [5, 5.41) is 13.9. The number of aromatic amines is 1. The lowest BCUT2D eigenvalue weighted by atomic mass is 9.94. The number of nitrogens with zero attached hydrogens (tertiary/aromatic N) is 1. The van der Waals surface area contributed by atoms with Gasteiger partial charge in [0.25, 0.3) is 0 Å². The van der Waals surface area contributed by atoms with Crippen molar-refractivity contribution in [1.29, 1.82) is 0 Å². The van der Waals surface area contributed by atoms with Crippen LogP contribution >= 0.6 is 0 Å². The average Bonchev–Trinajstić information content (AvgIpc) is 2.97. The van der Waals surface area contributed by atoms with Crippen LogP contribution in [0.1, 0.15) is 30.2 Å². The molecule has 0 spiro atoms. The summed E-state index contributed by atoms with van der Waals surface area (Å²) in [4.78, 5) is 7.55. The number of rotatable bonds is 3. The quantitative estimate of drug-likeness (QED) is 0.680. The molecule has 1 atom stereocenters. The molecule has 0 amide bonds. The van der Waals surface area contributed by atoms with Crippen LogP contribution < -0.4 is 5.32 Å². The monoisotopic (exact) mass is 305 g/mol. The van der Waals surface area contributed by atoms with Gasteiger partial charge in [0.2, 0.25) is 0 Å². The molecule has 4 rings (SSSR count). The molecule has 23 heavy (non-hydrogen) atoms. The number of para-hydroxylation sites is 1. The maximum absolute atomic E-state index is 10.3. The second kappa shape index (κ2) is 5.89. The van der Waals surface area contributed by atoms with E-state index in [0.717, 1.165) is 47.6 Å². The first-order valence-corrected chi connectivity index (χ1v) is 7.98. The Morgan fingerprint density at radius 2 is 1.87 bits per heavy atom. The lowest BCUT2D eigenvalue weighted by molar-refractivity contribution is 0.152. The fourth-order valence-electron chi connectivity index (χ4n) is 3.26. The van der Waals surface area contributed by atoms with Crippen LogP contribution in [0.5, 0.6) is 0 Å². The highest BCUT2D eigenvalue weighted by atomic mass is 16.3. The van der Waals surface area contributed by atoms with Crippen LogP contribution in [0, 0.1) is 0 Å². The van der Waals surface area contributed by atoms with Gasteiger partial charge in [0.15, 0.2) is 0 Å². The highest BCUT2D eigenvalue weighted by Crippen LogP contribution is 2.41. The highest BCUT2D eigenvalue weighted by Gasteiger charge is 2.26. The van der Waals surface area contributed by atoms with E-state index in [1.165, 1.54) is 5.56 Å². The van der Waals surface area contributed by atoms with Crippen LogP contribution in [-0.4, -0.2) is 15.1 Å². The molecule has 2 aromatic heterocycles. The van der Waals surface area contributed by atoms with Crippen molar-refractivity contribution in [3.63, 3.8) is 0 Å². The summed E-state index contributed by atoms with van der Waals surface area (Å²) in [5.41, 5.74) is 6.34. The molecule has 0 radical (unpaired) electrons. The lowest BCUT2D eigenvalue weighted by Gasteiger charge is -2.18. The fraction of sp³-hybridized carbons (Fsp3) is 0.211. The molecular weight excluding hydrogens is 286 g/mol. The Labute approximate surface area is 135 Å². The zero-order valence-corrected chi connectivity index (χ0v) is 12.8. The van der Waals surface area contributed by atoms with Crippen LogP contribution in [-0.2, 0) is 6.42 Å². The largest absolute Gasteiger partial charge is 0.387 e. The number of pyridine rings is 1. The molecule has 2 heterocycles. The molecule has 3 aromatic rings. The van der Waals surface area contributed by atoms with Crippen LogP contribution in [0.15, 0.2) is 54.9 Å². The van der Waals surface area contributed by atoms with E-state index in [-0.39, 0.29) is 0 Å². The third kappa shape index (κ3) is 2.62. The van der Waals surface area contributed by atoms with Crippen molar-refractivity contribution in [2.75, 3.05) is 5.32 Å². The number of H-pyrrole nitrogens is 1. The predicted molar refractivity (Wildman–Crippen MR) is 91.6 cm³/mol. The van der Waals surface area contributed by atoms with Gasteiger partial charge >= 0.3 is 0 Å². The number of fused-ring (bicyclic) bond motifs is 1. The minimum atomic E-state index is -0.411. The minimum absolute atomic E-state index is 0.411. The first-order valence-electron chi connectivity index (χ1n) is 7.98. The van der Waals surface area contributed by atoms with E-state index in [2.05, 4.69) is 27.4 Å². The van der Waals surface area contributed by atoms with Gasteiger partial charge in [-0.1, -0.05) is 18.2 Å². The number of hydrogen-bond acceptors (Lipinski definition) is 3. The third-order valence-electron chi connectivity index (χ3n) is 4.39. The second-order valence-corrected chi connectivity index (χ2v) is 5.90. The molecule has 0 bridgehead atoms. The normalized spacial score (nSPS) is 16.8. The van der Waals surface area contributed by atoms with Crippen molar-refractivity contribution in [2.24, 2.45) is 0 Å². The summed E-state index contributed by atoms with van der Waals surface area (Å²) in [7, 11) is 0. The van der Waals surface area contributed by atoms with Gasteiger partial charge in [0.05, 0.1) is 17.5 Å². The van der Waals surface area contributed by atoms with Gasteiger partial charge in [-0.15, -0.1) is 0 Å². The van der Waals surface area contributed by atoms with Crippen LogP contribution in [0.2, 0.25) is 0 Å². The van der Waals surface area contributed by atoms with E-state index < -0.39 is 6.10 Å². The number of nitrogens with one attached hydrogen (secondary N) is 2. The second-order valence-electron chi connectivity index (χ2n) is 5.90. The molecule has 1 aliphatic rings. The number of aromatic nitrogens is 2. The maximum atomic E-state index is 10.3. The fourth-order valence-corrected chi connectivity index (χ4v) is 3.26. The van der Waals surface area contributed by atoms with Gasteiger partial charge < -0.3 is 15.4 Å². The Kier molecular flexibility index (Phi) is 3.60. The molecule has 0 saturated carbocycles. The first-order chi connectivity index (χ1) is 11.3. The zero-order chi connectivity index (χ0) is 15.6. The number of hydrogen-bond donors (Lipinski definition) is 3. The van der Waals surface area contributed by atoms with Crippen molar-refractivity contribution in [2.45, 2.75) is 25.4 Å². The molecule has 0 aliphatic heterocycles. The highest BCUT2D eigenvalue weighted by molar-refractivity contribution is 5.82.